The van der Waals surface area contributed by atoms with Gasteiger partial charge in [-0.05, 0) is 24.1 Å². The maximum atomic E-state index is 13.0. The smallest absolute Gasteiger partial charge is 0.227 e. The summed E-state index contributed by atoms with van der Waals surface area (Å²) in [5, 5.41) is 9.79. The number of β-amino-alcohol motifs (C(OH)–C–C–N with tert-alkyl or cyclic N) is 1. The number of sulfone groups is 1. The van der Waals surface area contributed by atoms with Crippen LogP contribution in [0, 0.1) is 0 Å². The van der Waals surface area contributed by atoms with E-state index in [1.54, 1.807) is 17.0 Å². The first kappa shape index (κ1) is 21.7. The van der Waals surface area contributed by atoms with Gasteiger partial charge in [0.2, 0.25) is 11.8 Å². The molecule has 2 amide bonds. The summed E-state index contributed by atoms with van der Waals surface area (Å²) >= 11 is 0. The molecule has 9 heteroatoms. The van der Waals surface area contributed by atoms with E-state index in [9.17, 15) is 23.1 Å². The van der Waals surface area contributed by atoms with Crippen LogP contribution in [0.25, 0.3) is 0 Å². The van der Waals surface area contributed by atoms with Crippen molar-refractivity contribution in [2.75, 3.05) is 45.5 Å². The summed E-state index contributed by atoms with van der Waals surface area (Å²) in [6, 6.07) is 6.27. The second-order valence-electron chi connectivity index (χ2n) is 8.00. The predicted octanol–water partition coefficient (Wildman–Crippen LogP) is -0.241. The van der Waals surface area contributed by atoms with Gasteiger partial charge in [0, 0.05) is 52.4 Å². The van der Waals surface area contributed by atoms with Crippen molar-refractivity contribution in [2.24, 2.45) is 0 Å². The van der Waals surface area contributed by atoms with E-state index in [0.29, 0.717) is 32.7 Å². The molecule has 0 aliphatic carbocycles. The van der Waals surface area contributed by atoms with Gasteiger partial charge >= 0.3 is 0 Å². The molecule has 160 valence electrons. The summed E-state index contributed by atoms with van der Waals surface area (Å²) in [7, 11) is -3.27. The van der Waals surface area contributed by atoms with E-state index < -0.39 is 9.84 Å². The number of carbonyl (C=O) groups excluding carboxylic acids is 2. The topological polar surface area (TPSA) is 98.2 Å². The number of likely N-dealkylation sites (tertiary alicyclic amines) is 1. The van der Waals surface area contributed by atoms with Gasteiger partial charge in [0.15, 0.2) is 9.84 Å². The number of hydrogen-bond donors (Lipinski definition) is 1. The van der Waals surface area contributed by atoms with E-state index in [-0.39, 0.29) is 35.3 Å². The van der Waals surface area contributed by atoms with E-state index in [0.717, 1.165) is 24.8 Å². The van der Waals surface area contributed by atoms with Crippen LogP contribution >= 0.6 is 0 Å². The van der Waals surface area contributed by atoms with Crippen molar-refractivity contribution in [3.8, 4) is 0 Å². The molecule has 0 bridgehead atoms. The van der Waals surface area contributed by atoms with E-state index in [1.165, 1.54) is 19.1 Å². The molecule has 2 atom stereocenters. The highest BCUT2D eigenvalue weighted by molar-refractivity contribution is 7.90. The van der Waals surface area contributed by atoms with E-state index in [1.807, 2.05) is 4.90 Å². The number of nitrogens with zero attached hydrogens (tertiary/aromatic N) is 3. The van der Waals surface area contributed by atoms with Crippen molar-refractivity contribution in [1.29, 1.82) is 0 Å². The van der Waals surface area contributed by atoms with Gasteiger partial charge in [-0.25, -0.2) is 8.42 Å². The second-order valence-corrected chi connectivity index (χ2v) is 10.0. The molecule has 2 fully saturated rings. The fraction of sp³-hybridized carbons (Fsp3) is 0.600. The lowest BCUT2D eigenvalue weighted by atomic mass is 10.1. The van der Waals surface area contributed by atoms with Gasteiger partial charge in [-0.1, -0.05) is 12.1 Å². The number of aliphatic hydroxyl groups is 1. The molecular weight excluding hydrogens is 394 g/mol. The first-order valence-electron chi connectivity index (χ1n) is 9.88. The molecule has 0 radical (unpaired) electrons. The summed E-state index contributed by atoms with van der Waals surface area (Å²) in [6.07, 6.45) is 1.73. The Hall–Kier alpha value is -1.97. The third-order valence-electron chi connectivity index (χ3n) is 5.67. The fourth-order valence-electron chi connectivity index (χ4n) is 4.03. The molecule has 2 heterocycles. The highest BCUT2D eigenvalue weighted by Gasteiger charge is 2.34. The van der Waals surface area contributed by atoms with Crippen LogP contribution in [-0.4, -0.2) is 97.7 Å². The van der Waals surface area contributed by atoms with Crippen LogP contribution in [0.5, 0.6) is 0 Å². The highest BCUT2D eigenvalue weighted by atomic mass is 32.2. The molecule has 3 rings (SSSR count). The molecule has 0 spiro atoms. The Labute approximate surface area is 172 Å². The maximum Gasteiger partial charge on any atom is 0.227 e. The lowest BCUT2D eigenvalue weighted by molar-refractivity contribution is -0.142. The quantitative estimate of drug-likeness (QED) is 0.702. The molecule has 1 N–H and O–H groups in total. The number of piperazine rings is 1. The molecule has 8 nitrogen and oxygen atoms in total. The van der Waals surface area contributed by atoms with Crippen LogP contribution in [0.1, 0.15) is 18.9 Å². The Morgan fingerprint density at radius 2 is 1.79 bits per heavy atom. The van der Waals surface area contributed by atoms with Gasteiger partial charge < -0.3 is 14.9 Å². The van der Waals surface area contributed by atoms with Crippen molar-refractivity contribution in [3.05, 3.63) is 29.8 Å². The van der Waals surface area contributed by atoms with Crippen molar-refractivity contribution in [2.45, 2.75) is 36.8 Å². The molecular formula is C20H29N3O5S. The minimum Gasteiger partial charge on any atom is -0.392 e. The van der Waals surface area contributed by atoms with Crippen LogP contribution in [0.2, 0.25) is 0 Å². The van der Waals surface area contributed by atoms with E-state index in [4.69, 9.17) is 0 Å². The zero-order valence-corrected chi connectivity index (χ0v) is 17.8. The molecule has 0 saturated carbocycles. The number of amides is 2. The maximum absolute atomic E-state index is 13.0. The van der Waals surface area contributed by atoms with E-state index in [2.05, 4.69) is 4.90 Å². The standard InChI is InChI=1S/C20H29N3O5S/c1-15(24)22-9-10-23(17(13-22)12-21-8-7-18(25)14-21)20(26)11-16-3-5-19(6-4-16)29(2,27)28/h3-6,17-18,25H,7-14H2,1-2H3/t17-,18+/m0/s1. The minimum absolute atomic E-state index is 0.0000747. The summed E-state index contributed by atoms with van der Waals surface area (Å²) in [4.78, 5) is 30.8. The Morgan fingerprint density at radius 1 is 1.10 bits per heavy atom. The third kappa shape index (κ3) is 5.55. The van der Waals surface area contributed by atoms with Gasteiger partial charge in [0.05, 0.1) is 23.5 Å². The van der Waals surface area contributed by atoms with Crippen molar-refractivity contribution < 1.29 is 23.1 Å². The molecule has 2 aliphatic heterocycles. The molecule has 29 heavy (non-hydrogen) atoms. The molecule has 2 aliphatic rings. The molecule has 1 aromatic rings. The zero-order chi connectivity index (χ0) is 21.2. The largest absolute Gasteiger partial charge is 0.392 e. The monoisotopic (exact) mass is 423 g/mol. The molecule has 2 saturated heterocycles. The zero-order valence-electron chi connectivity index (χ0n) is 17.0. The second kappa shape index (κ2) is 8.81. The van der Waals surface area contributed by atoms with Crippen LogP contribution in [0.3, 0.4) is 0 Å². The van der Waals surface area contributed by atoms with Crippen LogP contribution in [0.4, 0.5) is 0 Å². The third-order valence-corrected chi connectivity index (χ3v) is 6.80. The first-order chi connectivity index (χ1) is 13.6. The lowest BCUT2D eigenvalue weighted by Gasteiger charge is -2.42. The molecule has 0 aromatic heterocycles. The Bertz CT molecular complexity index is 855. The van der Waals surface area contributed by atoms with Crippen molar-refractivity contribution >= 4 is 21.7 Å². The van der Waals surface area contributed by atoms with Crippen LogP contribution in [-0.2, 0) is 25.8 Å². The van der Waals surface area contributed by atoms with Crippen LogP contribution < -0.4 is 0 Å². The summed E-state index contributed by atoms with van der Waals surface area (Å²) < 4.78 is 23.2. The number of benzene rings is 1. The predicted molar refractivity (Wildman–Crippen MR) is 108 cm³/mol. The SMILES string of the molecule is CC(=O)N1CCN(C(=O)Cc2ccc(S(C)(=O)=O)cc2)[C@@H](CN2CC[C@@H](O)C2)C1. The number of carbonyl (C=O) groups is 2. The highest BCUT2D eigenvalue weighted by Crippen LogP contribution is 2.18. The van der Waals surface area contributed by atoms with Crippen molar-refractivity contribution in [1.82, 2.24) is 14.7 Å². The summed E-state index contributed by atoms with van der Waals surface area (Å²) in [6.45, 7) is 5.00. The summed E-state index contributed by atoms with van der Waals surface area (Å²) in [5.41, 5.74) is 0.756. The fourth-order valence-corrected chi connectivity index (χ4v) is 4.66. The molecule has 0 unspecified atom stereocenters. The Kier molecular flexibility index (Phi) is 6.60. The van der Waals surface area contributed by atoms with Gasteiger partial charge in [0.25, 0.3) is 0 Å². The average molecular weight is 424 g/mol. The minimum atomic E-state index is -3.27. The number of hydrogen-bond acceptors (Lipinski definition) is 6. The van der Waals surface area contributed by atoms with Gasteiger partial charge in [-0.3, -0.25) is 14.5 Å². The number of rotatable bonds is 5. The Morgan fingerprint density at radius 3 is 2.34 bits per heavy atom. The van der Waals surface area contributed by atoms with Crippen LogP contribution in [0.15, 0.2) is 29.2 Å². The lowest BCUT2D eigenvalue weighted by Crippen LogP contribution is -2.59. The average Bonchev–Trinajstić information content (AvgIpc) is 3.06. The first-order valence-corrected chi connectivity index (χ1v) is 11.8. The normalized spacial score (nSPS) is 23.4. The van der Waals surface area contributed by atoms with Crippen molar-refractivity contribution in [3.63, 3.8) is 0 Å². The van der Waals surface area contributed by atoms with Gasteiger partial charge in [-0.2, -0.15) is 0 Å². The van der Waals surface area contributed by atoms with Gasteiger partial charge in [-0.15, -0.1) is 0 Å². The summed E-state index contributed by atoms with van der Waals surface area (Å²) in [5.74, 6) is -0.0371. The Balaban J connectivity index is 1.69. The van der Waals surface area contributed by atoms with Gasteiger partial charge in [0.1, 0.15) is 0 Å². The molecule has 1 aromatic carbocycles. The van der Waals surface area contributed by atoms with E-state index >= 15 is 0 Å². The number of aliphatic hydroxyl groups excluding tert-OH is 1.